The first-order valence-corrected chi connectivity index (χ1v) is 5.35. The maximum absolute atomic E-state index is 5.78. The fourth-order valence-corrected chi connectivity index (χ4v) is 1.77. The number of hydrogen-bond acceptors (Lipinski definition) is 4. The molecule has 1 aromatic heterocycles. The van der Waals surface area contributed by atoms with Crippen LogP contribution in [0.2, 0.25) is 0 Å². The summed E-state index contributed by atoms with van der Waals surface area (Å²) in [5, 5.41) is 0. The molecule has 0 bridgehead atoms. The Balaban J connectivity index is 2.68. The van der Waals surface area contributed by atoms with Crippen LogP contribution in [-0.2, 0) is 0 Å². The minimum atomic E-state index is 0.360. The molecule has 0 aliphatic carbocycles. The number of nitrogen functional groups attached to an aromatic ring is 1. The van der Waals surface area contributed by atoms with Crippen molar-refractivity contribution in [3.05, 3.63) is 35.7 Å². The van der Waals surface area contributed by atoms with Gasteiger partial charge in [0.1, 0.15) is 12.0 Å². The van der Waals surface area contributed by atoms with Gasteiger partial charge in [0, 0.05) is 5.56 Å². The van der Waals surface area contributed by atoms with Crippen molar-refractivity contribution in [1.29, 1.82) is 0 Å². The van der Waals surface area contributed by atoms with E-state index in [1.807, 2.05) is 13.8 Å². The molecule has 0 spiro atoms. The van der Waals surface area contributed by atoms with Gasteiger partial charge in [0.25, 0.3) is 0 Å². The second-order valence-corrected chi connectivity index (χ2v) is 3.96. The standard InChI is InChI=1S/C13H15N3O/c1-8-4-5-9(2)10(6-8)11-12(17-3)13(14)16-7-15-11/h4-7H,1-3H3,(H2,14,15,16). The monoisotopic (exact) mass is 229 g/mol. The number of ether oxygens (including phenoxy) is 1. The number of aryl methyl sites for hydroxylation is 2. The molecule has 2 rings (SSSR count). The van der Waals surface area contributed by atoms with Crippen LogP contribution in [-0.4, -0.2) is 17.1 Å². The number of aromatic nitrogens is 2. The van der Waals surface area contributed by atoms with E-state index in [4.69, 9.17) is 10.5 Å². The third kappa shape index (κ3) is 2.06. The molecule has 0 unspecified atom stereocenters. The Morgan fingerprint density at radius 1 is 1.18 bits per heavy atom. The van der Waals surface area contributed by atoms with Gasteiger partial charge in [-0.3, -0.25) is 0 Å². The summed E-state index contributed by atoms with van der Waals surface area (Å²) in [6, 6.07) is 6.19. The highest BCUT2D eigenvalue weighted by Crippen LogP contribution is 2.33. The van der Waals surface area contributed by atoms with Crippen molar-refractivity contribution in [2.24, 2.45) is 0 Å². The van der Waals surface area contributed by atoms with Crippen LogP contribution >= 0.6 is 0 Å². The minimum Gasteiger partial charge on any atom is -0.491 e. The van der Waals surface area contributed by atoms with E-state index in [-0.39, 0.29) is 0 Å². The molecule has 2 aromatic rings. The molecule has 17 heavy (non-hydrogen) atoms. The van der Waals surface area contributed by atoms with Crippen molar-refractivity contribution in [2.45, 2.75) is 13.8 Å². The van der Waals surface area contributed by atoms with Crippen molar-refractivity contribution >= 4 is 5.82 Å². The summed E-state index contributed by atoms with van der Waals surface area (Å²) in [5.41, 5.74) is 9.85. The molecule has 4 heteroatoms. The molecule has 0 atom stereocenters. The summed E-state index contributed by atoms with van der Waals surface area (Å²) >= 11 is 0. The van der Waals surface area contributed by atoms with E-state index < -0.39 is 0 Å². The van der Waals surface area contributed by atoms with Gasteiger partial charge in [-0.05, 0) is 25.5 Å². The highest BCUT2D eigenvalue weighted by molar-refractivity contribution is 5.74. The van der Waals surface area contributed by atoms with E-state index in [1.165, 1.54) is 11.9 Å². The lowest BCUT2D eigenvalue weighted by Gasteiger charge is -2.11. The molecule has 4 nitrogen and oxygen atoms in total. The van der Waals surface area contributed by atoms with Gasteiger partial charge in [0.15, 0.2) is 11.6 Å². The molecule has 0 saturated carbocycles. The molecular formula is C13H15N3O. The molecule has 0 fully saturated rings. The molecule has 88 valence electrons. The van der Waals surface area contributed by atoms with Crippen molar-refractivity contribution < 1.29 is 4.74 Å². The fraction of sp³-hybridized carbons (Fsp3) is 0.231. The fourth-order valence-electron chi connectivity index (χ4n) is 1.77. The predicted octanol–water partition coefficient (Wildman–Crippen LogP) is 2.35. The molecule has 0 aliphatic rings. The van der Waals surface area contributed by atoms with Crippen molar-refractivity contribution in [1.82, 2.24) is 9.97 Å². The van der Waals surface area contributed by atoms with Crippen LogP contribution in [0.5, 0.6) is 5.75 Å². The normalized spacial score (nSPS) is 10.3. The summed E-state index contributed by atoms with van der Waals surface area (Å²) in [6.07, 6.45) is 1.45. The van der Waals surface area contributed by atoms with Crippen molar-refractivity contribution in [3.63, 3.8) is 0 Å². The SMILES string of the molecule is COc1c(N)ncnc1-c1cc(C)ccc1C. The van der Waals surface area contributed by atoms with Gasteiger partial charge >= 0.3 is 0 Å². The molecule has 2 N–H and O–H groups in total. The Morgan fingerprint density at radius 2 is 1.94 bits per heavy atom. The average Bonchev–Trinajstić information content (AvgIpc) is 2.32. The molecule has 0 amide bonds. The van der Waals surface area contributed by atoms with Crippen LogP contribution < -0.4 is 10.5 Å². The van der Waals surface area contributed by atoms with Crippen molar-refractivity contribution in [3.8, 4) is 17.0 Å². The number of rotatable bonds is 2. The summed E-state index contributed by atoms with van der Waals surface area (Å²) in [6.45, 7) is 4.08. The molecule has 0 aliphatic heterocycles. The summed E-state index contributed by atoms with van der Waals surface area (Å²) in [7, 11) is 1.57. The highest BCUT2D eigenvalue weighted by Gasteiger charge is 2.13. The lowest BCUT2D eigenvalue weighted by atomic mass is 10.0. The van der Waals surface area contributed by atoms with Gasteiger partial charge in [-0.2, -0.15) is 0 Å². The zero-order chi connectivity index (χ0) is 12.4. The van der Waals surface area contributed by atoms with Gasteiger partial charge in [0.05, 0.1) is 7.11 Å². The van der Waals surface area contributed by atoms with E-state index in [2.05, 4.69) is 28.2 Å². The van der Waals surface area contributed by atoms with Crippen LogP contribution in [0, 0.1) is 13.8 Å². The van der Waals surface area contributed by atoms with E-state index in [0.717, 1.165) is 16.8 Å². The van der Waals surface area contributed by atoms with Crippen LogP contribution in [0.15, 0.2) is 24.5 Å². The Bertz CT molecular complexity index is 552. The summed E-state index contributed by atoms with van der Waals surface area (Å²) in [4.78, 5) is 8.20. The zero-order valence-corrected chi connectivity index (χ0v) is 10.2. The Labute approximate surface area is 100 Å². The predicted molar refractivity (Wildman–Crippen MR) is 67.9 cm³/mol. The molecule has 1 heterocycles. The van der Waals surface area contributed by atoms with Gasteiger partial charge in [-0.15, -0.1) is 0 Å². The zero-order valence-electron chi connectivity index (χ0n) is 10.2. The van der Waals surface area contributed by atoms with E-state index in [0.29, 0.717) is 11.6 Å². The third-order valence-electron chi connectivity index (χ3n) is 2.68. The van der Waals surface area contributed by atoms with Gasteiger partial charge < -0.3 is 10.5 Å². The van der Waals surface area contributed by atoms with Crippen LogP contribution in [0.4, 0.5) is 5.82 Å². The van der Waals surface area contributed by atoms with E-state index >= 15 is 0 Å². The van der Waals surface area contributed by atoms with Crippen molar-refractivity contribution in [2.75, 3.05) is 12.8 Å². The van der Waals surface area contributed by atoms with Gasteiger partial charge in [0.2, 0.25) is 0 Å². The molecule has 0 radical (unpaired) electrons. The third-order valence-corrected chi connectivity index (χ3v) is 2.68. The number of benzene rings is 1. The molecular weight excluding hydrogens is 214 g/mol. The van der Waals surface area contributed by atoms with Gasteiger partial charge in [-0.25, -0.2) is 9.97 Å². The first-order valence-electron chi connectivity index (χ1n) is 5.35. The first-order chi connectivity index (χ1) is 8.13. The summed E-state index contributed by atoms with van der Waals surface area (Å²) < 4.78 is 5.28. The maximum Gasteiger partial charge on any atom is 0.187 e. The van der Waals surface area contributed by atoms with Crippen LogP contribution in [0.1, 0.15) is 11.1 Å². The minimum absolute atomic E-state index is 0.360. The highest BCUT2D eigenvalue weighted by atomic mass is 16.5. The Morgan fingerprint density at radius 3 is 2.65 bits per heavy atom. The first kappa shape index (κ1) is 11.4. The Kier molecular flexibility index (Phi) is 2.95. The number of nitrogens with zero attached hydrogens (tertiary/aromatic N) is 2. The smallest absolute Gasteiger partial charge is 0.187 e. The van der Waals surface area contributed by atoms with Crippen LogP contribution in [0.25, 0.3) is 11.3 Å². The summed E-state index contributed by atoms with van der Waals surface area (Å²) in [5.74, 6) is 0.889. The number of nitrogens with two attached hydrogens (primary N) is 1. The quantitative estimate of drug-likeness (QED) is 0.858. The second-order valence-electron chi connectivity index (χ2n) is 3.96. The largest absolute Gasteiger partial charge is 0.491 e. The van der Waals surface area contributed by atoms with E-state index in [9.17, 15) is 0 Å². The van der Waals surface area contributed by atoms with Gasteiger partial charge in [-0.1, -0.05) is 17.7 Å². The average molecular weight is 229 g/mol. The van der Waals surface area contributed by atoms with E-state index in [1.54, 1.807) is 7.11 Å². The van der Waals surface area contributed by atoms with Crippen LogP contribution in [0.3, 0.4) is 0 Å². The lowest BCUT2D eigenvalue weighted by molar-refractivity contribution is 0.415. The topological polar surface area (TPSA) is 61.0 Å². The maximum atomic E-state index is 5.78. The Hall–Kier alpha value is -2.10. The number of anilines is 1. The molecule has 0 saturated heterocycles. The number of hydrogen-bond donors (Lipinski definition) is 1. The lowest BCUT2D eigenvalue weighted by Crippen LogP contribution is -2.00. The second kappa shape index (κ2) is 4.41. The molecule has 1 aromatic carbocycles. The number of methoxy groups -OCH3 is 1.